The van der Waals surface area contributed by atoms with E-state index in [1.807, 2.05) is 24.3 Å². The van der Waals surface area contributed by atoms with Crippen LogP contribution in [0.2, 0.25) is 0 Å². The van der Waals surface area contributed by atoms with Crippen LogP contribution in [0.25, 0.3) is 0 Å². The number of amides is 1. The minimum Gasteiger partial charge on any atom is -0.495 e. The predicted octanol–water partition coefficient (Wildman–Crippen LogP) is 0.0550. The van der Waals surface area contributed by atoms with E-state index in [9.17, 15) is 14.4 Å². The first kappa shape index (κ1) is 17.8. The summed E-state index contributed by atoms with van der Waals surface area (Å²) in [5.41, 5.74) is -0.0155. The third-order valence-corrected chi connectivity index (χ3v) is 4.67. The van der Waals surface area contributed by atoms with Gasteiger partial charge in [0.2, 0.25) is 0 Å². The largest absolute Gasteiger partial charge is 0.495 e. The van der Waals surface area contributed by atoms with Crippen LogP contribution in [0.1, 0.15) is 10.4 Å². The number of methoxy groups -OCH3 is 1. The number of piperazine rings is 1. The lowest BCUT2D eigenvalue weighted by atomic mass is 10.2. The zero-order valence-electron chi connectivity index (χ0n) is 15.1. The van der Waals surface area contributed by atoms with Gasteiger partial charge in [-0.25, -0.2) is 4.79 Å². The van der Waals surface area contributed by atoms with Crippen molar-refractivity contribution in [1.29, 1.82) is 0 Å². The van der Waals surface area contributed by atoms with E-state index < -0.39 is 11.2 Å². The zero-order valence-corrected chi connectivity index (χ0v) is 15.1. The molecule has 1 aromatic heterocycles. The third kappa shape index (κ3) is 3.10. The minimum atomic E-state index is -0.565. The summed E-state index contributed by atoms with van der Waals surface area (Å²) < 4.78 is 7.60. The molecule has 26 heavy (non-hydrogen) atoms. The van der Waals surface area contributed by atoms with Crippen LogP contribution in [-0.4, -0.2) is 53.2 Å². The van der Waals surface area contributed by atoms with E-state index in [0.29, 0.717) is 26.2 Å². The van der Waals surface area contributed by atoms with Crippen molar-refractivity contribution in [2.45, 2.75) is 0 Å². The SMILES string of the molecule is COc1ccccc1N1CCN(C(=O)c2cn(C)c(=O)n(C)c2=O)CC1. The van der Waals surface area contributed by atoms with E-state index >= 15 is 0 Å². The van der Waals surface area contributed by atoms with E-state index in [-0.39, 0.29) is 11.5 Å². The molecule has 8 heteroatoms. The summed E-state index contributed by atoms with van der Waals surface area (Å²) in [7, 11) is 4.54. The van der Waals surface area contributed by atoms with Gasteiger partial charge >= 0.3 is 5.69 Å². The fourth-order valence-electron chi connectivity index (χ4n) is 3.17. The molecule has 2 aromatic rings. The van der Waals surface area contributed by atoms with Gasteiger partial charge in [-0.15, -0.1) is 0 Å². The van der Waals surface area contributed by atoms with Crippen molar-refractivity contribution in [3.05, 3.63) is 56.9 Å². The number of ether oxygens (including phenoxy) is 1. The van der Waals surface area contributed by atoms with Gasteiger partial charge in [0, 0.05) is 46.5 Å². The molecular formula is C18H22N4O4. The maximum Gasteiger partial charge on any atom is 0.330 e. The second-order valence-electron chi connectivity index (χ2n) is 6.25. The summed E-state index contributed by atoms with van der Waals surface area (Å²) in [5, 5.41) is 0. The van der Waals surface area contributed by atoms with E-state index in [1.54, 1.807) is 12.0 Å². The maximum absolute atomic E-state index is 12.8. The fourth-order valence-corrected chi connectivity index (χ4v) is 3.17. The number of rotatable bonds is 3. The van der Waals surface area contributed by atoms with Crippen molar-refractivity contribution in [3.8, 4) is 5.75 Å². The number of hydrogen-bond donors (Lipinski definition) is 0. The summed E-state index contributed by atoms with van der Waals surface area (Å²) in [4.78, 5) is 40.6. The molecule has 0 unspecified atom stereocenters. The predicted molar refractivity (Wildman–Crippen MR) is 98.0 cm³/mol. The molecule has 0 radical (unpaired) electrons. The Kier molecular flexibility index (Phi) is 4.83. The van der Waals surface area contributed by atoms with Gasteiger partial charge in [0.1, 0.15) is 11.3 Å². The van der Waals surface area contributed by atoms with E-state index in [2.05, 4.69) is 4.90 Å². The molecule has 2 heterocycles. The van der Waals surface area contributed by atoms with Crippen molar-refractivity contribution in [2.24, 2.45) is 14.1 Å². The standard InChI is InChI=1S/C18H22N4O4/c1-19-12-13(16(23)20(2)18(19)25)17(24)22-10-8-21(9-11-22)14-6-4-5-7-15(14)26-3/h4-7,12H,8-11H2,1-3H3. The molecule has 0 aliphatic carbocycles. The lowest BCUT2D eigenvalue weighted by Crippen LogP contribution is -2.51. The molecule has 1 saturated heterocycles. The number of hydrogen-bond acceptors (Lipinski definition) is 5. The molecule has 0 bridgehead atoms. The molecule has 1 amide bonds. The van der Waals surface area contributed by atoms with Gasteiger partial charge in [-0.3, -0.25) is 14.2 Å². The van der Waals surface area contributed by atoms with Gasteiger partial charge in [0.25, 0.3) is 11.5 Å². The molecule has 0 N–H and O–H groups in total. The number of nitrogens with zero attached hydrogens (tertiary/aromatic N) is 4. The Morgan fingerprint density at radius 2 is 1.69 bits per heavy atom. The first-order chi connectivity index (χ1) is 12.4. The second-order valence-corrected chi connectivity index (χ2v) is 6.25. The molecule has 1 aromatic carbocycles. The average Bonchev–Trinajstić information content (AvgIpc) is 2.68. The Morgan fingerprint density at radius 1 is 1.04 bits per heavy atom. The summed E-state index contributed by atoms with van der Waals surface area (Å²) in [6.07, 6.45) is 1.32. The lowest BCUT2D eigenvalue weighted by Gasteiger charge is -2.36. The van der Waals surface area contributed by atoms with Crippen LogP contribution in [0.5, 0.6) is 5.75 Å². The Balaban J connectivity index is 1.77. The lowest BCUT2D eigenvalue weighted by molar-refractivity contribution is 0.0743. The average molecular weight is 358 g/mol. The number of aryl methyl sites for hydroxylation is 1. The third-order valence-electron chi connectivity index (χ3n) is 4.67. The molecular weight excluding hydrogens is 336 g/mol. The molecule has 138 valence electrons. The number of carbonyl (C=O) groups excluding carboxylic acids is 1. The van der Waals surface area contributed by atoms with Crippen LogP contribution in [0.15, 0.2) is 40.1 Å². The number of para-hydroxylation sites is 2. The number of anilines is 1. The molecule has 1 aliphatic heterocycles. The normalized spacial score (nSPS) is 14.4. The molecule has 0 spiro atoms. The van der Waals surface area contributed by atoms with Gasteiger partial charge < -0.3 is 19.1 Å². The van der Waals surface area contributed by atoms with Crippen LogP contribution in [0.3, 0.4) is 0 Å². The monoisotopic (exact) mass is 358 g/mol. The van der Waals surface area contributed by atoms with E-state index in [4.69, 9.17) is 4.74 Å². The van der Waals surface area contributed by atoms with Crippen LogP contribution >= 0.6 is 0 Å². The summed E-state index contributed by atoms with van der Waals surface area (Å²) in [6.45, 7) is 2.25. The highest BCUT2D eigenvalue weighted by Gasteiger charge is 2.26. The van der Waals surface area contributed by atoms with Gasteiger partial charge in [-0.2, -0.15) is 0 Å². The Morgan fingerprint density at radius 3 is 2.35 bits per heavy atom. The quantitative estimate of drug-likeness (QED) is 0.775. The molecule has 8 nitrogen and oxygen atoms in total. The Hall–Kier alpha value is -3.03. The smallest absolute Gasteiger partial charge is 0.330 e. The summed E-state index contributed by atoms with van der Waals surface area (Å²) in [6, 6.07) is 7.75. The highest BCUT2D eigenvalue weighted by Crippen LogP contribution is 2.28. The van der Waals surface area contributed by atoms with Crippen molar-refractivity contribution < 1.29 is 9.53 Å². The molecule has 1 aliphatic rings. The van der Waals surface area contributed by atoms with Gasteiger partial charge in [-0.05, 0) is 12.1 Å². The molecule has 0 atom stereocenters. The van der Waals surface area contributed by atoms with Gasteiger partial charge in [-0.1, -0.05) is 12.1 Å². The fraction of sp³-hybridized carbons (Fsp3) is 0.389. The Bertz CT molecular complexity index is 939. The van der Waals surface area contributed by atoms with Crippen molar-refractivity contribution in [3.63, 3.8) is 0 Å². The first-order valence-corrected chi connectivity index (χ1v) is 8.38. The van der Waals surface area contributed by atoms with Crippen LogP contribution < -0.4 is 20.9 Å². The van der Waals surface area contributed by atoms with Gasteiger partial charge in [0.05, 0.1) is 12.8 Å². The highest BCUT2D eigenvalue weighted by molar-refractivity contribution is 5.93. The topological polar surface area (TPSA) is 76.8 Å². The maximum atomic E-state index is 12.8. The number of carbonyl (C=O) groups is 1. The number of aromatic nitrogens is 2. The van der Waals surface area contributed by atoms with Crippen LogP contribution in [0, 0.1) is 0 Å². The summed E-state index contributed by atoms with van der Waals surface area (Å²) >= 11 is 0. The molecule has 1 fully saturated rings. The highest BCUT2D eigenvalue weighted by atomic mass is 16.5. The first-order valence-electron chi connectivity index (χ1n) is 8.38. The van der Waals surface area contributed by atoms with Crippen molar-refractivity contribution in [1.82, 2.24) is 14.0 Å². The molecule has 3 rings (SSSR count). The second kappa shape index (κ2) is 7.07. The van der Waals surface area contributed by atoms with E-state index in [1.165, 1.54) is 24.9 Å². The van der Waals surface area contributed by atoms with Crippen LogP contribution in [0.4, 0.5) is 5.69 Å². The Labute approximate surface area is 150 Å². The van der Waals surface area contributed by atoms with Crippen molar-refractivity contribution >= 4 is 11.6 Å². The molecule has 0 saturated carbocycles. The summed E-state index contributed by atoms with van der Waals surface area (Å²) in [5.74, 6) is 0.445. The van der Waals surface area contributed by atoms with Gasteiger partial charge in [0.15, 0.2) is 0 Å². The van der Waals surface area contributed by atoms with Crippen LogP contribution in [-0.2, 0) is 14.1 Å². The van der Waals surface area contributed by atoms with E-state index in [0.717, 1.165) is 16.0 Å². The van der Waals surface area contributed by atoms with Crippen molar-refractivity contribution in [2.75, 3.05) is 38.2 Å². The zero-order chi connectivity index (χ0) is 18.8. The minimum absolute atomic E-state index is 0.0142. The number of benzene rings is 1.